The van der Waals surface area contributed by atoms with Gasteiger partial charge in [0.1, 0.15) is 0 Å². The van der Waals surface area contributed by atoms with Gasteiger partial charge in [0.15, 0.2) is 0 Å². The highest BCUT2D eigenvalue weighted by Gasteiger charge is 2.11. The predicted molar refractivity (Wildman–Crippen MR) is 73.4 cm³/mol. The van der Waals surface area contributed by atoms with Crippen molar-refractivity contribution in [2.45, 2.75) is 23.6 Å². The van der Waals surface area contributed by atoms with E-state index in [9.17, 15) is 4.79 Å². The van der Waals surface area contributed by atoms with Crippen LogP contribution in [0.2, 0.25) is 0 Å². The van der Waals surface area contributed by atoms with Gasteiger partial charge in [-0.15, -0.1) is 0 Å². The van der Waals surface area contributed by atoms with Gasteiger partial charge in [0.2, 0.25) is 0 Å². The van der Waals surface area contributed by atoms with Crippen LogP contribution < -0.4 is 0 Å². The number of aryl methyl sites for hydroxylation is 1. The average Bonchev–Trinajstić information content (AvgIpc) is 2.35. The lowest BCUT2D eigenvalue weighted by atomic mass is 10.1. The quantitative estimate of drug-likeness (QED) is 0.898. The summed E-state index contributed by atoms with van der Waals surface area (Å²) in [6.45, 7) is 4.11. The molecule has 0 radical (unpaired) electrons. The van der Waals surface area contributed by atoms with Crippen molar-refractivity contribution in [3.8, 4) is 0 Å². The maximum atomic E-state index is 11.2. The fraction of sp³-hybridized carbons (Fsp3) is 0.133. The predicted octanol–water partition coefficient (Wildman–Crippen LogP) is 4.15. The minimum Gasteiger partial charge on any atom is -0.478 e. The lowest BCUT2D eigenvalue weighted by Gasteiger charge is -2.09. The fourth-order valence-electron chi connectivity index (χ4n) is 1.69. The van der Waals surface area contributed by atoms with Gasteiger partial charge >= 0.3 is 5.97 Å². The number of carboxylic acids is 1. The molecular formula is C15H14O2S. The second kappa shape index (κ2) is 5.27. The first kappa shape index (κ1) is 12.7. The molecule has 0 aliphatic rings. The summed E-state index contributed by atoms with van der Waals surface area (Å²) in [4.78, 5) is 13.0. The summed E-state index contributed by atoms with van der Waals surface area (Å²) in [6.07, 6.45) is 0. The van der Waals surface area contributed by atoms with Crippen molar-refractivity contribution in [1.82, 2.24) is 0 Å². The number of carboxylic acid groups (broad SMARTS) is 1. The molecule has 2 rings (SSSR count). The maximum Gasteiger partial charge on any atom is 0.336 e. The van der Waals surface area contributed by atoms with Gasteiger partial charge in [0.25, 0.3) is 0 Å². The largest absolute Gasteiger partial charge is 0.478 e. The third-order valence-electron chi connectivity index (χ3n) is 2.89. The molecule has 2 aromatic rings. The van der Waals surface area contributed by atoms with E-state index in [4.69, 9.17) is 5.11 Å². The SMILES string of the molecule is Cc1cccc(Sc2ccccc2C(=O)O)c1C. The monoisotopic (exact) mass is 258 g/mol. The molecule has 0 spiro atoms. The lowest BCUT2D eigenvalue weighted by Crippen LogP contribution is -1.98. The standard InChI is InChI=1S/C15H14O2S/c1-10-6-5-9-13(11(10)2)18-14-8-4-3-7-12(14)15(16)17/h3-9H,1-2H3,(H,16,17). The Morgan fingerprint density at radius 1 is 1.00 bits per heavy atom. The van der Waals surface area contributed by atoms with Gasteiger partial charge in [-0.3, -0.25) is 0 Å². The fourth-order valence-corrected chi connectivity index (χ4v) is 2.80. The summed E-state index contributed by atoms with van der Waals surface area (Å²) in [5, 5.41) is 9.15. The highest BCUT2D eigenvalue weighted by atomic mass is 32.2. The van der Waals surface area contributed by atoms with Crippen LogP contribution in [0.3, 0.4) is 0 Å². The van der Waals surface area contributed by atoms with Crippen LogP contribution in [0.1, 0.15) is 21.5 Å². The summed E-state index contributed by atoms with van der Waals surface area (Å²) in [5.74, 6) is -0.886. The number of hydrogen-bond acceptors (Lipinski definition) is 2. The molecular weight excluding hydrogens is 244 g/mol. The van der Waals surface area contributed by atoms with E-state index in [-0.39, 0.29) is 0 Å². The third kappa shape index (κ3) is 2.57. The van der Waals surface area contributed by atoms with Crippen molar-refractivity contribution in [3.63, 3.8) is 0 Å². The Bertz CT molecular complexity index is 591. The van der Waals surface area contributed by atoms with Crippen molar-refractivity contribution in [2.75, 3.05) is 0 Å². The molecule has 0 saturated carbocycles. The third-order valence-corrected chi connectivity index (χ3v) is 4.13. The van der Waals surface area contributed by atoms with Crippen LogP contribution in [0.25, 0.3) is 0 Å². The number of aromatic carboxylic acids is 1. The first-order valence-corrected chi connectivity index (χ1v) is 6.47. The molecule has 18 heavy (non-hydrogen) atoms. The Balaban J connectivity index is 2.40. The first-order valence-electron chi connectivity index (χ1n) is 5.66. The molecule has 2 nitrogen and oxygen atoms in total. The van der Waals surface area contributed by atoms with Crippen molar-refractivity contribution >= 4 is 17.7 Å². The van der Waals surface area contributed by atoms with E-state index in [1.165, 1.54) is 22.9 Å². The van der Waals surface area contributed by atoms with E-state index >= 15 is 0 Å². The minimum absolute atomic E-state index is 0.350. The van der Waals surface area contributed by atoms with Crippen LogP contribution in [0.5, 0.6) is 0 Å². The molecule has 0 saturated heterocycles. The van der Waals surface area contributed by atoms with Crippen molar-refractivity contribution < 1.29 is 9.90 Å². The molecule has 0 fully saturated rings. The zero-order chi connectivity index (χ0) is 13.1. The summed E-state index contributed by atoms with van der Waals surface area (Å²) in [7, 11) is 0. The second-order valence-corrected chi connectivity index (χ2v) is 5.19. The molecule has 2 aromatic carbocycles. The van der Waals surface area contributed by atoms with Crippen molar-refractivity contribution in [1.29, 1.82) is 0 Å². The average molecular weight is 258 g/mol. The molecule has 0 aromatic heterocycles. The van der Waals surface area contributed by atoms with Gasteiger partial charge in [0, 0.05) is 9.79 Å². The van der Waals surface area contributed by atoms with Gasteiger partial charge < -0.3 is 5.11 Å². The first-order chi connectivity index (χ1) is 8.59. The van der Waals surface area contributed by atoms with Gasteiger partial charge in [-0.25, -0.2) is 4.79 Å². The van der Waals surface area contributed by atoms with Crippen LogP contribution in [0, 0.1) is 13.8 Å². The number of benzene rings is 2. The van der Waals surface area contributed by atoms with Gasteiger partial charge in [0.05, 0.1) is 5.56 Å². The van der Waals surface area contributed by atoms with Gasteiger partial charge in [-0.1, -0.05) is 36.0 Å². The summed E-state index contributed by atoms with van der Waals surface area (Å²) >= 11 is 1.50. The number of hydrogen-bond donors (Lipinski definition) is 1. The lowest BCUT2D eigenvalue weighted by molar-refractivity contribution is 0.0693. The zero-order valence-electron chi connectivity index (χ0n) is 10.3. The van der Waals surface area contributed by atoms with E-state index in [0.29, 0.717) is 5.56 Å². The molecule has 3 heteroatoms. The Kier molecular flexibility index (Phi) is 3.72. The van der Waals surface area contributed by atoms with E-state index in [0.717, 1.165) is 9.79 Å². The van der Waals surface area contributed by atoms with Crippen LogP contribution in [-0.4, -0.2) is 11.1 Å². The van der Waals surface area contributed by atoms with Crippen LogP contribution >= 0.6 is 11.8 Å². The number of carbonyl (C=O) groups is 1. The highest BCUT2D eigenvalue weighted by Crippen LogP contribution is 2.33. The number of rotatable bonds is 3. The van der Waals surface area contributed by atoms with E-state index in [1.807, 2.05) is 24.3 Å². The molecule has 92 valence electrons. The summed E-state index contributed by atoms with van der Waals surface area (Å²) in [5.41, 5.74) is 2.76. The van der Waals surface area contributed by atoms with E-state index in [1.54, 1.807) is 12.1 Å². The molecule has 1 N–H and O–H groups in total. The molecule has 0 heterocycles. The van der Waals surface area contributed by atoms with Crippen LogP contribution in [0.4, 0.5) is 0 Å². The minimum atomic E-state index is -0.886. The Labute approximate surface area is 111 Å². The van der Waals surface area contributed by atoms with Gasteiger partial charge in [-0.05, 0) is 43.2 Å². The summed E-state index contributed by atoms with van der Waals surface area (Å²) in [6, 6.07) is 13.2. The Hall–Kier alpha value is -1.74. The maximum absolute atomic E-state index is 11.2. The van der Waals surface area contributed by atoms with E-state index in [2.05, 4.69) is 19.9 Å². The van der Waals surface area contributed by atoms with Crippen molar-refractivity contribution in [3.05, 3.63) is 59.2 Å². The van der Waals surface area contributed by atoms with E-state index < -0.39 is 5.97 Å². The summed E-state index contributed by atoms with van der Waals surface area (Å²) < 4.78 is 0. The zero-order valence-corrected chi connectivity index (χ0v) is 11.1. The molecule has 0 aliphatic heterocycles. The van der Waals surface area contributed by atoms with Gasteiger partial charge in [-0.2, -0.15) is 0 Å². The smallest absolute Gasteiger partial charge is 0.336 e. The van der Waals surface area contributed by atoms with Crippen LogP contribution in [0.15, 0.2) is 52.3 Å². The Morgan fingerprint density at radius 3 is 2.39 bits per heavy atom. The highest BCUT2D eigenvalue weighted by molar-refractivity contribution is 7.99. The van der Waals surface area contributed by atoms with Crippen LogP contribution in [-0.2, 0) is 0 Å². The molecule has 0 unspecified atom stereocenters. The second-order valence-electron chi connectivity index (χ2n) is 4.10. The molecule has 0 aliphatic carbocycles. The molecule has 0 bridgehead atoms. The molecule has 0 atom stereocenters. The topological polar surface area (TPSA) is 37.3 Å². The Morgan fingerprint density at radius 2 is 1.67 bits per heavy atom. The normalized spacial score (nSPS) is 10.3. The van der Waals surface area contributed by atoms with Crippen molar-refractivity contribution in [2.24, 2.45) is 0 Å². The molecule has 0 amide bonds.